The molecule has 0 spiro atoms. The van der Waals surface area contributed by atoms with Gasteiger partial charge in [-0.15, -0.1) is 0 Å². The highest BCUT2D eigenvalue weighted by Gasteiger charge is 2.23. The summed E-state index contributed by atoms with van der Waals surface area (Å²) in [7, 11) is 1.78. The van der Waals surface area contributed by atoms with Gasteiger partial charge in [0.05, 0.1) is 6.54 Å². The Morgan fingerprint density at radius 3 is 3.14 bits per heavy atom. The van der Waals surface area contributed by atoms with Crippen LogP contribution in [0.2, 0.25) is 0 Å². The maximum Gasteiger partial charge on any atom is 0.194 e. The van der Waals surface area contributed by atoms with Gasteiger partial charge in [-0.05, 0) is 31.9 Å². The molecular formula is C10H15N3O. The Bertz CT molecular complexity index is 328. The van der Waals surface area contributed by atoms with Gasteiger partial charge in [-0.1, -0.05) is 0 Å². The van der Waals surface area contributed by atoms with Crippen LogP contribution >= 0.6 is 0 Å². The molecule has 1 fully saturated rings. The molecule has 0 saturated heterocycles. The molecule has 0 amide bonds. The van der Waals surface area contributed by atoms with E-state index < -0.39 is 0 Å². The minimum atomic E-state index is 0.116. The molecule has 1 aliphatic rings. The van der Waals surface area contributed by atoms with Crippen LogP contribution < -0.4 is 5.32 Å². The highest BCUT2D eigenvalue weighted by atomic mass is 16.1. The monoisotopic (exact) mass is 193 g/mol. The van der Waals surface area contributed by atoms with Gasteiger partial charge in [0.1, 0.15) is 5.69 Å². The van der Waals surface area contributed by atoms with Crippen LogP contribution in [-0.2, 0) is 6.54 Å². The number of carbonyl (C=O) groups excluding carboxylic acids is 1. The number of rotatable bonds is 5. The van der Waals surface area contributed by atoms with E-state index in [-0.39, 0.29) is 5.78 Å². The molecule has 4 heteroatoms. The van der Waals surface area contributed by atoms with Gasteiger partial charge in [0.2, 0.25) is 0 Å². The molecule has 14 heavy (non-hydrogen) atoms. The molecular weight excluding hydrogens is 178 g/mol. The third kappa shape index (κ3) is 2.01. The molecule has 76 valence electrons. The topological polar surface area (TPSA) is 46.9 Å². The fraction of sp³-hybridized carbons (Fsp3) is 0.600. The van der Waals surface area contributed by atoms with Crippen molar-refractivity contribution >= 4 is 5.78 Å². The van der Waals surface area contributed by atoms with Gasteiger partial charge >= 0.3 is 0 Å². The lowest BCUT2D eigenvalue weighted by Gasteiger charge is -2.04. The lowest BCUT2D eigenvalue weighted by Crippen LogP contribution is -2.22. The molecule has 0 aromatic carbocycles. The van der Waals surface area contributed by atoms with E-state index in [2.05, 4.69) is 10.4 Å². The maximum atomic E-state index is 11.6. The number of nitrogens with zero attached hydrogens (tertiary/aromatic N) is 2. The molecule has 4 nitrogen and oxygen atoms in total. The lowest BCUT2D eigenvalue weighted by molar-refractivity contribution is 0.0983. The van der Waals surface area contributed by atoms with Gasteiger partial charge in [0, 0.05) is 12.7 Å². The van der Waals surface area contributed by atoms with E-state index in [4.69, 9.17) is 0 Å². The number of ketones is 1. The molecule has 0 radical (unpaired) electrons. The standard InChI is InChI=1S/C10H15N3O/c1-11-6-10(14)9-4-5-12-13(9)7-8-2-3-8/h4-5,8,11H,2-3,6-7H2,1H3. The van der Waals surface area contributed by atoms with Crippen molar-refractivity contribution in [3.8, 4) is 0 Å². The second-order valence-electron chi connectivity index (χ2n) is 3.80. The van der Waals surface area contributed by atoms with E-state index in [1.807, 2.05) is 4.68 Å². The first-order chi connectivity index (χ1) is 6.81. The second kappa shape index (κ2) is 3.92. The molecule has 1 aromatic heterocycles. The first-order valence-electron chi connectivity index (χ1n) is 5.01. The van der Waals surface area contributed by atoms with Crippen LogP contribution in [0.5, 0.6) is 0 Å². The minimum Gasteiger partial charge on any atom is -0.313 e. The Morgan fingerprint density at radius 2 is 2.50 bits per heavy atom. The lowest BCUT2D eigenvalue weighted by atomic mass is 10.2. The predicted octanol–water partition coefficient (Wildman–Crippen LogP) is 0.695. The van der Waals surface area contributed by atoms with Crippen LogP contribution in [0.25, 0.3) is 0 Å². The highest BCUT2D eigenvalue weighted by Crippen LogP contribution is 2.30. The fourth-order valence-corrected chi connectivity index (χ4v) is 1.51. The van der Waals surface area contributed by atoms with Gasteiger partial charge in [-0.2, -0.15) is 5.10 Å². The molecule has 1 heterocycles. The summed E-state index contributed by atoms with van der Waals surface area (Å²) in [5, 5.41) is 7.03. The fourth-order valence-electron chi connectivity index (χ4n) is 1.51. The van der Waals surface area contributed by atoms with Crippen LogP contribution in [0.4, 0.5) is 0 Å². The molecule has 0 bridgehead atoms. The van der Waals surface area contributed by atoms with Crippen molar-refractivity contribution in [3.05, 3.63) is 18.0 Å². The summed E-state index contributed by atoms with van der Waals surface area (Å²) < 4.78 is 1.83. The van der Waals surface area contributed by atoms with Crippen LogP contribution in [0.3, 0.4) is 0 Å². The van der Waals surface area contributed by atoms with E-state index >= 15 is 0 Å². The van der Waals surface area contributed by atoms with Crippen molar-refractivity contribution in [2.45, 2.75) is 19.4 Å². The summed E-state index contributed by atoms with van der Waals surface area (Å²) >= 11 is 0. The van der Waals surface area contributed by atoms with Gasteiger partial charge in [-0.25, -0.2) is 0 Å². The third-order valence-corrected chi connectivity index (χ3v) is 2.47. The molecule has 2 rings (SSSR count). The van der Waals surface area contributed by atoms with Crippen molar-refractivity contribution in [3.63, 3.8) is 0 Å². The molecule has 0 aliphatic heterocycles. The van der Waals surface area contributed by atoms with Crippen LogP contribution in [0, 0.1) is 5.92 Å². The molecule has 1 aliphatic carbocycles. The van der Waals surface area contributed by atoms with Crippen LogP contribution in [0.15, 0.2) is 12.3 Å². The number of Topliss-reactive ketones (excluding diaryl/α,β-unsaturated/α-hetero) is 1. The smallest absolute Gasteiger partial charge is 0.194 e. The Balaban J connectivity index is 2.07. The average Bonchev–Trinajstić information content (AvgIpc) is 2.82. The molecule has 0 unspecified atom stereocenters. The largest absolute Gasteiger partial charge is 0.313 e. The van der Waals surface area contributed by atoms with Gasteiger partial charge in [-0.3, -0.25) is 9.48 Å². The minimum absolute atomic E-state index is 0.116. The Hall–Kier alpha value is -1.16. The Kier molecular flexibility index (Phi) is 2.63. The number of hydrogen-bond donors (Lipinski definition) is 1. The van der Waals surface area contributed by atoms with Gasteiger partial charge < -0.3 is 5.32 Å². The van der Waals surface area contributed by atoms with Crippen molar-refractivity contribution in [2.75, 3.05) is 13.6 Å². The summed E-state index contributed by atoms with van der Waals surface area (Å²) in [5.41, 5.74) is 0.728. The zero-order valence-corrected chi connectivity index (χ0v) is 8.36. The number of aromatic nitrogens is 2. The average molecular weight is 193 g/mol. The predicted molar refractivity (Wildman–Crippen MR) is 53.2 cm³/mol. The van der Waals surface area contributed by atoms with E-state index in [1.54, 1.807) is 19.3 Å². The first-order valence-corrected chi connectivity index (χ1v) is 5.01. The molecule has 1 N–H and O–H groups in total. The molecule has 1 aromatic rings. The van der Waals surface area contributed by atoms with Gasteiger partial charge in [0.15, 0.2) is 5.78 Å². The summed E-state index contributed by atoms with van der Waals surface area (Å²) in [6, 6.07) is 1.79. The van der Waals surface area contributed by atoms with Gasteiger partial charge in [0.25, 0.3) is 0 Å². The number of carbonyl (C=O) groups is 1. The third-order valence-electron chi connectivity index (χ3n) is 2.47. The van der Waals surface area contributed by atoms with Crippen LogP contribution in [0.1, 0.15) is 23.3 Å². The van der Waals surface area contributed by atoms with E-state index in [0.29, 0.717) is 6.54 Å². The Morgan fingerprint density at radius 1 is 1.71 bits per heavy atom. The molecule has 0 atom stereocenters. The SMILES string of the molecule is CNCC(=O)c1ccnn1CC1CC1. The van der Waals surface area contributed by atoms with Crippen molar-refractivity contribution in [1.82, 2.24) is 15.1 Å². The second-order valence-corrected chi connectivity index (χ2v) is 3.80. The maximum absolute atomic E-state index is 11.6. The van der Waals surface area contributed by atoms with Crippen LogP contribution in [-0.4, -0.2) is 29.2 Å². The van der Waals surface area contributed by atoms with E-state index in [1.165, 1.54) is 12.8 Å². The summed E-state index contributed by atoms with van der Waals surface area (Å²) in [6.45, 7) is 1.29. The van der Waals surface area contributed by atoms with E-state index in [0.717, 1.165) is 18.2 Å². The zero-order chi connectivity index (χ0) is 9.97. The number of hydrogen-bond acceptors (Lipinski definition) is 3. The normalized spacial score (nSPS) is 15.8. The highest BCUT2D eigenvalue weighted by molar-refractivity contribution is 5.95. The van der Waals surface area contributed by atoms with E-state index in [9.17, 15) is 4.79 Å². The first kappa shape index (κ1) is 9.40. The van der Waals surface area contributed by atoms with Crippen molar-refractivity contribution in [2.24, 2.45) is 5.92 Å². The molecule has 1 saturated carbocycles. The summed E-state index contributed by atoms with van der Waals surface area (Å²) in [4.78, 5) is 11.6. The van der Waals surface area contributed by atoms with Crippen molar-refractivity contribution < 1.29 is 4.79 Å². The Labute approximate surface area is 83.3 Å². The van der Waals surface area contributed by atoms with Crippen molar-refractivity contribution in [1.29, 1.82) is 0 Å². The number of likely N-dealkylation sites (N-methyl/N-ethyl adjacent to an activating group) is 1. The summed E-state index contributed by atoms with van der Waals surface area (Å²) in [6.07, 6.45) is 4.25. The number of nitrogens with one attached hydrogen (secondary N) is 1. The zero-order valence-electron chi connectivity index (χ0n) is 8.36. The quantitative estimate of drug-likeness (QED) is 0.700. The summed E-state index contributed by atoms with van der Waals surface area (Å²) in [5.74, 6) is 0.863.